The highest BCUT2D eigenvalue weighted by Crippen LogP contribution is 2.21. The molecule has 1 aromatic heterocycles. The fourth-order valence-electron chi connectivity index (χ4n) is 3.66. The summed E-state index contributed by atoms with van der Waals surface area (Å²) in [5.41, 5.74) is 1.33. The summed E-state index contributed by atoms with van der Waals surface area (Å²) >= 11 is 0. The van der Waals surface area contributed by atoms with Gasteiger partial charge in [0.25, 0.3) is 5.91 Å². The fourth-order valence-corrected chi connectivity index (χ4v) is 3.66. The second-order valence-electron chi connectivity index (χ2n) is 7.09. The van der Waals surface area contributed by atoms with Crippen LogP contribution in [0.2, 0.25) is 0 Å². The molecule has 1 saturated heterocycles. The molecule has 6 nitrogen and oxygen atoms in total. The van der Waals surface area contributed by atoms with Crippen LogP contribution in [0.3, 0.4) is 0 Å². The van der Waals surface area contributed by atoms with Crippen LogP contribution in [0.15, 0.2) is 34.9 Å². The molecule has 2 amide bonds. The van der Waals surface area contributed by atoms with Gasteiger partial charge in [-0.2, -0.15) is 0 Å². The zero-order valence-corrected chi connectivity index (χ0v) is 16.4. The lowest BCUT2D eigenvalue weighted by Gasteiger charge is -2.34. The predicted molar refractivity (Wildman–Crippen MR) is 102 cm³/mol. The summed E-state index contributed by atoms with van der Waals surface area (Å²) in [6, 6.07) is 7.85. The van der Waals surface area contributed by atoms with Crippen LogP contribution in [0.5, 0.6) is 0 Å². The van der Waals surface area contributed by atoms with Crippen LogP contribution in [0.25, 0.3) is 0 Å². The van der Waals surface area contributed by atoms with E-state index in [0.717, 1.165) is 18.4 Å². The van der Waals surface area contributed by atoms with Crippen molar-refractivity contribution in [2.75, 3.05) is 26.2 Å². The molecule has 1 aliphatic rings. The van der Waals surface area contributed by atoms with E-state index in [1.807, 2.05) is 18.7 Å². The molecule has 0 radical (unpaired) electrons. The first kappa shape index (κ1) is 20.0. The molecule has 1 aliphatic heterocycles. The minimum absolute atomic E-state index is 0.104. The number of carbonyl (C=O) groups excluding carboxylic acids is 2. The SMILES string of the molecule is CCN(CC)C(=O)[C@@H]1CCCN(C(=O)c2cc(Cc3cccc(F)c3)no2)C1. The lowest BCUT2D eigenvalue weighted by atomic mass is 9.96. The van der Waals surface area contributed by atoms with Crippen LogP contribution in [-0.2, 0) is 11.2 Å². The Kier molecular flexibility index (Phi) is 6.44. The minimum Gasteiger partial charge on any atom is -0.351 e. The number of rotatable bonds is 6. The summed E-state index contributed by atoms with van der Waals surface area (Å²) in [6.45, 7) is 6.26. The van der Waals surface area contributed by atoms with E-state index in [2.05, 4.69) is 5.16 Å². The van der Waals surface area contributed by atoms with Gasteiger partial charge >= 0.3 is 0 Å². The molecular formula is C21H26FN3O3. The molecule has 1 fully saturated rings. The number of piperidine rings is 1. The Bertz CT molecular complexity index is 832. The smallest absolute Gasteiger partial charge is 0.292 e. The van der Waals surface area contributed by atoms with E-state index in [0.29, 0.717) is 38.3 Å². The maximum absolute atomic E-state index is 13.3. The lowest BCUT2D eigenvalue weighted by molar-refractivity contribution is -0.136. The molecule has 28 heavy (non-hydrogen) atoms. The van der Waals surface area contributed by atoms with Gasteiger partial charge in [0.15, 0.2) is 0 Å². The van der Waals surface area contributed by atoms with E-state index < -0.39 is 0 Å². The Morgan fingerprint density at radius 3 is 2.79 bits per heavy atom. The normalized spacial score (nSPS) is 16.8. The van der Waals surface area contributed by atoms with Crippen molar-refractivity contribution in [1.82, 2.24) is 15.0 Å². The summed E-state index contributed by atoms with van der Waals surface area (Å²) in [7, 11) is 0. The third-order valence-corrected chi connectivity index (χ3v) is 5.18. The van der Waals surface area contributed by atoms with Crippen LogP contribution in [0.4, 0.5) is 4.39 Å². The molecule has 0 unspecified atom stereocenters. The van der Waals surface area contributed by atoms with Gasteiger partial charge in [0.1, 0.15) is 5.82 Å². The number of likely N-dealkylation sites (tertiary alicyclic amines) is 1. The molecule has 0 N–H and O–H groups in total. The molecule has 3 rings (SSSR count). The number of benzene rings is 1. The summed E-state index contributed by atoms with van der Waals surface area (Å²) in [6.07, 6.45) is 1.96. The number of hydrogen-bond donors (Lipinski definition) is 0. The van der Waals surface area contributed by atoms with Gasteiger partial charge in [-0.15, -0.1) is 0 Å². The molecule has 7 heteroatoms. The Labute approximate surface area is 164 Å². The second-order valence-corrected chi connectivity index (χ2v) is 7.09. The van der Waals surface area contributed by atoms with Gasteiger partial charge < -0.3 is 14.3 Å². The topological polar surface area (TPSA) is 66.7 Å². The number of halogens is 1. The quantitative estimate of drug-likeness (QED) is 0.764. The molecule has 2 heterocycles. The zero-order chi connectivity index (χ0) is 20.1. The average molecular weight is 387 g/mol. The van der Waals surface area contributed by atoms with Crippen molar-refractivity contribution < 1.29 is 18.5 Å². The molecule has 2 aromatic rings. The van der Waals surface area contributed by atoms with Gasteiger partial charge in [-0.3, -0.25) is 9.59 Å². The first-order valence-corrected chi connectivity index (χ1v) is 9.79. The fraction of sp³-hybridized carbons (Fsp3) is 0.476. The van der Waals surface area contributed by atoms with Crippen molar-refractivity contribution in [2.45, 2.75) is 33.1 Å². The number of nitrogens with zero attached hydrogens (tertiary/aromatic N) is 3. The number of amides is 2. The van der Waals surface area contributed by atoms with Crippen molar-refractivity contribution in [3.8, 4) is 0 Å². The van der Waals surface area contributed by atoms with E-state index in [1.54, 1.807) is 23.1 Å². The Balaban J connectivity index is 1.65. The van der Waals surface area contributed by atoms with Crippen molar-refractivity contribution in [1.29, 1.82) is 0 Å². The maximum Gasteiger partial charge on any atom is 0.292 e. The predicted octanol–water partition coefficient (Wildman–Crippen LogP) is 3.13. The highest BCUT2D eigenvalue weighted by molar-refractivity contribution is 5.92. The summed E-state index contributed by atoms with van der Waals surface area (Å²) in [5, 5.41) is 3.95. The Hall–Kier alpha value is -2.70. The summed E-state index contributed by atoms with van der Waals surface area (Å²) in [5.74, 6) is -0.481. The molecule has 0 spiro atoms. The Morgan fingerprint density at radius 2 is 2.07 bits per heavy atom. The van der Waals surface area contributed by atoms with E-state index >= 15 is 0 Å². The zero-order valence-electron chi connectivity index (χ0n) is 16.4. The second kappa shape index (κ2) is 8.99. The number of carbonyl (C=O) groups is 2. The van der Waals surface area contributed by atoms with Crippen LogP contribution in [0, 0.1) is 11.7 Å². The van der Waals surface area contributed by atoms with Gasteiger partial charge in [0.2, 0.25) is 11.7 Å². The van der Waals surface area contributed by atoms with Gasteiger partial charge in [0, 0.05) is 38.7 Å². The average Bonchev–Trinajstić information content (AvgIpc) is 3.16. The number of aromatic nitrogens is 1. The van der Waals surface area contributed by atoms with E-state index in [-0.39, 0.29) is 29.3 Å². The molecule has 150 valence electrons. The lowest BCUT2D eigenvalue weighted by Crippen LogP contribution is -2.46. The van der Waals surface area contributed by atoms with Gasteiger partial charge in [0.05, 0.1) is 11.6 Å². The minimum atomic E-state index is -0.311. The van der Waals surface area contributed by atoms with Crippen molar-refractivity contribution in [2.24, 2.45) is 5.92 Å². The highest BCUT2D eigenvalue weighted by Gasteiger charge is 2.32. The molecule has 1 atom stereocenters. The van der Waals surface area contributed by atoms with Gasteiger partial charge in [-0.1, -0.05) is 17.3 Å². The van der Waals surface area contributed by atoms with Crippen LogP contribution in [0.1, 0.15) is 48.5 Å². The molecule has 0 saturated carbocycles. The monoisotopic (exact) mass is 387 g/mol. The largest absolute Gasteiger partial charge is 0.351 e. The van der Waals surface area contributed by atoms with E-state index in [4.69, 9.17) is 4.52 Å². The third kappa shape index (κ3) is 4.58. The first-order valence-electron chi connectivity index (χ1n) is 9.79. The highest BCUT2D eigenvalue weighted by atomic mass is 19.1. The van der Waals surface area contributed by atoms with Crippen LogP contribution >= 0.6 is 0 Å². The Morgan fingerprint density at radius 1 is 1.29 bits per heavy atom. The van der Waals surface area contributed by atoms with Crippen molar-refractivity contribution in [3.63, 3.8) is 0 Å². The van der Waals surface area contributed by atoms with E-state index in [9.17, 15) is 14.0 Å². The molecule has 0 aliphatic carbocycles. The van der Waals surface area contributed by atoms with Crippen LogP contribution in [-0.4, -0.2) is 52.9 Å². The van der Waals surface area contributed by atoms with Crippen molar-refractivity contribution >= 4 is 11.8 Å². The summed E-state index contributed by atoms with van der Waals surface area (Å²) in [4.78, 5) is 28.9. The summed E-state index contributed by atoms with van der Waals surface area (Å²) < 4.78 is 18.6. The maximum atomic E-state index is 13.3. The standard InChI is InChI=1S/C21H26FN3O3/c1-3-24(4-2)20(26)16-8-6-10-25(14-16)21(27)19-13-18(23-28-19)12-15-7-5-9-17(22)11-15/h5,7,9,11,13,16H,3-4,6,8,10,12,14H2,1-2H3/t16-/m1/s1. The van der Waals surface area contributed by atoms with Crippen molar-refractivity contribution in [3.05, 3.63) is 53.2 Å². The van der Waals surface area contributed by atoms with E-state index in [1.165, 1.54) is 12.1 Å². The van der Waals surface area contributed by atoms with Gasteiger partial charge in [-0.25, -0.2) is 4.39 Å². The van der Waals surface area contributed by atoms with Crippen LogP contribution < -0.4 is 0 Å². The molecular weight excluding hydrogens is 361 g/mol. The molecule has 0 bridgehead atoms. The first-order chi connectivity index (χ1) is 13.5. The molecule has 1 aromatic carbocycles. The number of hydrogen-bond acceptors (Lipinski definition) is 4. The third-order valence-electron chi connectivity index (χ3n) is 5.18. The van der Waals surface area contributed by atoms with Gasteiger partial charge in [-0.05, 0) is 44.4 Å².